The van der Waals surface area contributed by atoms with E-state index in [2.05, 4.69) is 25.8 Å². The first-order valence-corrected chi connectivity index (χ1v) is 7.02. The lowest BCUT2D eigenvalue weighted by atomic mass is 10.2. The van der Waals surface area contributed by atoms with E-state index in [1.807, 2.05) is 0 Å². The number of hydrogen-bond acceptors (Lipinski definition) is 7. The molecule has 3 rings (SSSR count). The van der Waals surface area contributed by atoms with Gasteiger partial charge in [-0.2, -0.15) is 14.9 Å². The number of aromatic nitrogens is 3. The van der Waals surface area contributed by atoms with Crippen molar-refractivity contribution in [2.75, 3.05) is 5.43 Å². The van der Waals surface area contributed by atoms with Crippen molar-refractivity contribution in [2.24, 2.45) is 10.2 Å². The average molecular weight is 322 g/mol. The molecule has 0 saturated heterocycles. The van der Waals surface area contributed by atoms with Crippen LogP contribution in [-0.4, -0.2) is 37.5 Å². The third-order valence-electron chi connectivity index (χ3n) is 2.98. The Hall–Kier alpha value is -3.68. The first kappa shape index (κ1) is 15.2. The maximum absolute atomic E-state index is 9.43. The van der Waals surface area contributed by atoms with Crippen LogP contribution in [0, 0.1) is 0 Å². The molecule has 0 aliphatic carbocycles. The van der Waals surface area contributed by atoms with Gasteiger partial charge in [0, 0.05) is 0 Å². The molecule has 1 heterocycles. The summed E-state index contributed by atoms with van der Waals surface area (Å²) in [7, 11) is 0. The van der Waals surface area contributed by atoms with E-state index in [1.54, 1.807) is 54.7 Å². The van der Waals surface area contributed by atoms with Gasteiger partial charge < -0.3 is 10.2 Å². The van der Waals surface area contributed by atoms with E-state index in [0.29, 0.717) is 5.95 Å². The molecule has 2 aromatic carbocycles. The quantitative estimate of drug-likeness (QED) is 0.492. The normalized spacial score (nSPS) is 11.3. The Morgan fingerprint density at radius 1 is 0.958 bits per heavy atom. The molecule has 0 amide bonds. The SMILES string of the molecule is Oc1cccc(C=NNc2nncn2/N=C/c2cccc(O)c2)c1. The Kier molecular flexibility index (Phi) is 4.47. The summed E-state index contributed by atoms with van der Waals surface area (Å²) in [5.41, 5.74) is 4.19. The minimum atomic E-state index is 0.164. The van der Waals surface area contributed by atoms with Gasteiger partial charge in [0.2, 0.25) is 0 Å². The number of phenolic OH excluding ortho intramolecular Hbond substituents is 2. The second-order valence-electron chi connectivity index (χ2n) is 4.80. The monoisotopic (exact) mass is 322 g/mol. The van der Waals surface area contributed by atoms with Crippen molar-refractivity contribution in [1.29, 1.82) is 0 Å². The molecule has 8 nitrogen and oxygen atoms in total. The maximum Gasteiger partial charge on any atom is 0.265 e. The minimum Gasteiger partial charge on any atom is -0.508 e. The molecule has 0 radical (unpaired) electrons. The molecule has 0 unspecified atom stereocenters. The topological polar surface area (TPSA) is 108 Å². The number of benzene rings is 2. The summed E-state index contributed by atoms with van der Waals surface area (Å²) in [4.78, 5) is 0. The Morgan fingerprint density at radius 3 is 2.29 bits per heavy atom. The summed E-state index contributed by atoms with van der Waals surface area (Å²) in [5.74, 6) is 0.650. The van der Waals surface area contributed by atoms with Gasteiger partial charge >= 0.3 is 0 Å². The first-order valence-electron chi connectivity index (χ1n) is 7.02. The summed E-state index contributed by atoms with van der Waals surface area (Å²) >= 11 is 0. The van der Waals surface area contributed by atoms with E-state index in [0.717, 1.165) is 11.1 Å². The molecule has 0 aliphatic heterocycles. The molecule has 0 bridgehead atoms. The van der Waals surface area contributed by atoms with Gasteiger partial charge in [0.25, 0.3) is 5.95 Å². The molecule has 24 heavy (non-hydrogen) atoms. The van der Waals surface area contributed by atoms with Crippen molar-refractivity contribution < 1.29 is 10.2 Å². The van der Waals surface area contributed by atoms with Crippen LogP contribution in [0.4, 0.5) is 5.95 Å². The number of phenols is 2. The van der Waals surface area contributed by atoms with Crippen LogP contribution < -0.4 is 5.43 Å². The number of hydrogen-bond donors (Lipinski definition) is 3. The van der Waals surface area contributed by atoms with Crippen molar-refractivity contribution in [3.8, 4) is 11.5 Å². The van der Waals surface area contributed by atoms with Crippen LogP contribution in [-0.2, 0) is 0 Å². The molecule has 0 spiro atoms. The van der Waals surface area contributed by atoms with Crippen molar-refractivity contribution in [3.63, 3.8) is 0 Å². The highest BCUT2D eigenvalue weighted by atomic mass is 16.3. The van der Waals surface area contributed by atoms with Gasteiger partial charge in [-0.1, -0.05) is 24.3 Å². The molecule has 1 aromatic heterocycles. The van der Waals surface area contributed by atoms with Crippen LogP contribution in [0.25, 0.3) is 0 Å². The molecule has 3 N–H and O–H groups in total. The van der Waals surface area contributed by atoms with Crippen LogP contribution in [0.3, 0.4) is 0 Å². The fourth-order valence-electron chi connectivity index (χ4n) is 1.89. The third-order valence-corrected chi connectivity index (χ3v) is 2.98. The van der Waals surface area contributed by atoms with Gasteiger partial charge in [0.05, 0.1) is 12.4 Å². The van der Waals surface area contributed by atoms with Gasteiger partial charge in [0.15, 0.2) is 0 Å². The molecule has 0 atom stereocenters. The second kappa shape index (κ2) is 7.05. The summed E-state index contributed by atoms with van der Waals surface area (Å²) in [6.07, 6.45) is 4.52. The summed E-state index contributed by atoms with van der Waals surface area (Å²) in [5, 5.41) is 34.7. The Balaban J connectivity index is 1.69. The Morgan fingerprint density at radius 2 is 1.62 bits per heavy atom. The first-order chi connectivity index (χ1) is 11.7. The molecule has 8 heteroatoms. The van der Waals surface area contributed by atoms with Crippen molar-refractivity contribution in [1.82, 2.24) is 14.9 Å². The van der Waals surface area contributed by atoms with Crippen molar-refractivity contribution >= 4 is 18.4 Å². The number of rotatable bonds is 5. The molecular weight excluding hydrogens is 308 g/mol. The van der Waals surface area contributed by atoms with Gasteiger partial charge in [-0.05, 0) is 35.4 Å². The number of anilines is 1. The zero-order valence-corrected chi connectivity index (χ0v) is 12.5. The molecular formula is C16H14N6O2. The highest BCUT2D eigenvalue weighted by molar-refractivity contribution is 5.81. The van der Waals surface area contributed by atoms with Gasteiger partial charge in [-0.15, -0.1) is 10.2 Å². The molecule has 3 aromatic rings. The maximum atomic E-state index is 9.43. The lowest BCUT2D eigenvalue weighted by Crippen LogP contribution is -1.99. The van der Waals surface area contributed by atoms with E-state index in [-0.39, 0.29) is 11.5 Å². The van der Waals surface area contributed by atoms with E-state index in [4.69, 9.17) is 0 Å². The molecule has 0 saturated carbocycles. The summed E-state index contributed by atoms with van der Waals surface area (Å²) in [6.45, 7) is 0. The minimum absolute atomic E-state index is 0.164. The average Bonchev–Trinajstić information content (AvgIpc) is 3.01. The summed E-state index contributed by atoms with van der Waals surface area (Å²) < 4.78 is 1.41. The van der Waals surface area contributed by atoms with Crippen LogP contribution in [0.15, 0.2) is 65.1 Å². The van der Waals surface area contributed by atoms with E-state index >= 15 is 0 Å². The van der Waals surface area contributed by atoms with Crippen LogP contribution >= 0.6 is 0 Å². The van der Waals surface area contributed by atoms with Gasteiger partial charge in [-0.3, -0.25) is 0 Å². The van der Waals surface area contributed by atoms with Crippen LogP contribution in [0.1, 0.15) is 11.1 Å². The van der Waals surface area contributed by atoms with E-state index in [1.165, 1.54) is 17.2 Å². The van der Waals surface area contributed by atoms with Gasteiger partial charge in [0.1, 0.15) is 17.8 Å². The van der Waals surface area contributed by atoms with Crippen molar-refractivity contribution in [2.45, 2.75) is 0 Å². The predicted molar refractivity (Wildman–Crippen MR) is 90.4 cm³/mol. The number of nitrogens with zero attached hydrogens (tertiary/aromatic N) is 5. The highest BCUT2D eigenvalue weighted by Gasteiger charge is 2.00. The van der Waals surface area contributed by atoms with E-state index in [9.17, 15) is 10.2 Å². The zero-order chi connectivity index (χ0) is 16.8. The highest BCUT2D eigenvalue weighted by Crippen LogP contribution is 2.10. The van der Waals surface area contributed by atoms with Crippen LogP contribution in [0.2, 0.25) is 0 Å². The van der Waals surface area contributed by atoms with Gasteiger partial charge in [-0.25, -0.2) is 5.43 Å². The Labute approximate surface area is 137 Å². The number of aromatic hydroxyl groups is 2. The zero-order valence-electron chi connectivity index (χ0n) is 12.5. The smallest absolute Gasteiger partial charge is 0.265 e. The van der Waals surface area contributed by atoms with Crippen LogP contribution in [0.5, 0.6) is 11.5 Å². The largest absolute Gasteiger partial charge is 0.508 e. The number of hydrazone groups is 1. The van der Waals surface area contributed by atoms with Crippen molar-refractivity contribution in [3.05, 3.63) is 66.0 Å². The lowest BCUT2D eigenvalue weighted by molar-refractivity contribution is 0.474. The number of nitrogens with one attached hydrogen (secondary N) is 1. The molecule has 120 valence electrons. The second-order valence-corrected chi connectivity index (χ2v) is 4.80. The fraction of sp³-hybridized carbons (Fsp3) is 0. The lowest BCUT2D eigenvalue weighted by Gasteiger charge is -1.99. The predicted octanol–water partition coefficient (Wildman–Crippen LogP) is 2.02. The molecule has 0 fully saturated rings. The Bertz CT molecular complexity index is 888. The van der Waals surface area contributed by atoms with E-state index < -0.39 is 0 Å². The fourth-order valence-corrected chi connectivity index (χ4v) is 1.89. The summed E-state index contributed by atoms with van der Waals surface area (Å²) in [6, 6.07) is 13.4. The standard InChI is InChI=1S/C16H14N6O2/c23-14-5-1-3-12(7-14)9-17-20-16-21-18-11-22(16)19-10-13-4-2-6-15(24)8-13/h1-11,23-24H,(H,20,21)/b17-9?,19-10+. The molecule has 0 aliphatic rings. The third kappa shape index (κ3) is 3.95.